The number of quaternary nitrogens is 1. The highest BCUT2D eigenvalue weighted by atomic mass is 32.1. The minimum absolute atomic E-state index is 0.305. The first kappa shape index (κ1) is 20.2. The number of nitriles is 1. The van der Waals surface area contributed by atoms with Gasteiger partial charge in [0.2, 0.25) is 0 Å². The maximum absolute atomic E-state index is 12.3. The van der Waals surface area contributed by atoms with Gasteiger partial charge in [-0.15, -0.1) is 11.3 Å². The molecule has 0 spiro atoms. The Bertz CT molecular complexity index is 908. The molecule has 148 valence electrons. The van der Waals surface area contributed by atoms with Crippen molar-refractivity contribution in [1.29, 1.82) is 5.26 Å². The van der Waals surface area contributed by atoms with E-state index in [-0.39, 0.29) is 5.97 Å². The van der Waals surface area contributed by atoms with E-state index in [1.54, 1.807) is 6.92 Å². The van der Waals surface area contributed by atoms with Gasteiger partial charge in [-0.2, -0.15) is 5.26 Å². The summed E-state index contributed by atoms with van der Waals surface area (Å²) >= 11 is 1.16. The van der Waals surface area contributed by atoms with Gasteiger partial charge in [-0.05, 0) is 38.0 Å². The normalized spacial score (nSPS) is 14.7. The lowest BCUT2D eigenvalue weighted by Crippen LogP contribution is -3.13. The Hall–Kier alpha value is -2.56. The third kappa shape index (κ3) is 3.98. The predicted molar refractivity (Wildman–Crippen MR) is 112 cm³/mol. The molecule has 7 heteroatoms. The topological polar surface area (TPSA) is 83.8 Å². The number of esters is 1. The Morgan fingerprint density at radius 2 is 2.07 bits per heavy atom. The third-order valence-corrected chi connectivity index (χ3v) is 6.46. The molecule has 0 atom stereocenters. The van der Waals surface area contributed by atoms with Crippen molar-refractivity contribution in [2.24, 2.45) is 0 Å². The molecule has 0 unspecified atom stereocenters. The van der Waals surface area contributed by atoms with Crippen LogP contribution in [0.5, 0.6) is 0 Å². The second-order valence-electron chi connectivity index (χ2n) is 7.11. The Kier molecular flexibility index (Phi) is 6.22. The van der Waals surface area contributed by atoms with Crippen LogP contribution in [0.1, 0.15) is 38.8 Å². The van der Waals surface area contributed by atoms with Crippen LogP contribution in [0, 0.1) is 25.2 Å². The zero-order valence-corrected chi connectivity index (χ0v) is 17.5. The fourth-order valence-corrected chi connectivity index (χ4v) is 4.64. The molecule has 0 bridgehead atoms. The Labute approximate surface area is 170 Å². The van der Waals surface area contributed by atoms with Crippen LogP contribution in [0.25, 0.3) is 0 Å². The van der Waals surface area contributed by atoms with Crippen LogP contribution in [-0.2, 0) is 11.3 Å². The number of nitrogens with two attached hydrogens (primary N) is 1. The first-order chi connectivity index (χ1) is 13.5. The molecule has 1 fully saturated rings. The maximum atomic E-state index is 12.3. The van der Waals surface area contributed by atoms with Crippen molar-refractivity contribution >= 4 is 28.0 Å². The van der Waals surface area contributed by atoms with Crippen molar-refractivity contribution in [3.63, 3.8) is 0 Å². The first-order valence-electron chi connectivity index (χ1n) is 9.59. The van der Waals surface area contributed by atoms with Crippen LogP contribution in [0.2, 0.25) is 0 Å². The average Bonchev–Trinajstić information content (AvgIpc) is 3.00. The highest BCUT2D eigenvalue weighted by Gasteiger charge is 2.28. The van der Waals surface area contributed by atoms with Gasteiger partial charge in [0.1, 0.15) is 22.5 Å². The highest BCUT2D eigenvalue weighted by molar-refractivity contribution is 7.18. The van der Waals surface area contributed by atoms with Crippen molar-refractivity contribution in [1.82, 2.24) is 0 Å². The fraction of sp³-hybridized carbons (Fsp3) is 0.429. The molecule has 1 saturated heterocycles. The number of nitrogens with zero attached hydrogens (tertiary/aromatic N) is 2. The number of nitrogens with one attached hydrogen (secondary N) is 1. The van der Waals surface area contributed by atoms with E-state index in [1.165, 1.54) is 21.7 Å². The summed E-state index contributed by atoms with van der Waals surface area (Å²) in [6, 6.07) is 8.60. The summed E-state index contributed by atoms with van der Waals surface area (Å²) < 4.78 is 5.16. The summed E-state index contributed by atoms with van der Waals surface area (Å²) in [5.41, 5.74) is 11.1. The van der Waals surface area contributed by atoms with Crippen molar-refractivity contribution in [3.05, 3.63) is 45.3 Å². The summed E-state index contributed by atoms with van der Waals surface area (Å²) in [6.45, 7) is 10.8. The Morgan fingerprint density at radius 3 is 2.71 bits per heavy atom. The monoisotopic (exact) mass is 399 g/mol. The molecule has 1 aromatic carbocycles. The smallest absolute Gasteiger partial charge is 0.348 e. The van der Waals surface area contributed by atoms with Gasteiger partial charge in [0.05, 0.1) is 43.9 Å². The standard InChI is InChI=1S/C21H26N4O2S/c1-4-27-21(26)19-17(16(12-22)20(23)28-19)13-24-8-10-25(11-9-24)18-7-5-6-14(2)15(18)3/h5-7H,4,8-11,13,23H2,1-3H3/p+1. The lowest BCUT2D eigenvalue weighted by molar-refractivity contribution is -0.914. The lowest BCUT2D eigenvalue weighted by atomic mass is 10.1. The number of ether oxygens (including phenoxy) is 1. The van der Waals surface area contributed by atoms with Gasteiger partial charge in [-0.25, -0.2) is 4.79 Å². The van der Waals surface area contributed by atoms with Gasteiger partial charge < -0.3 is 20.3 Å². The molecular formula is C21H27N4O2S+. The van der Waals surface area contributed by atoms with Crippen LogP contribution in [-0.4, -0.2) is 38.8 Å². The molecule has 0 amide bonds. The number of carbonyl (C=O) groups is 1. The number of aryl methyl sites for hydroxylation is 1. The highest BCUT2D eigenvalue weighted by Crippen LogP contribution is 2.31. The van der Waals surface area contributed by atoms with Crippen LogP contribution in [0.15, 0.2) is 18.2 Å². The summed E-state index contributed by atoms with van der Waals surface area (Å²) in [7, 11) is 0. The molecule has 0 radical (unpaired) electrons. The second kappa shape index (κ2) is 8.63. The predicted octanol–water partition coefficient (Wildman–Crippen LogP) is 1.90. The Balaban J connectivity index is 1.74. The van der Waals surface area contributed by atoms with Crippen LogP contribution in [0.4, 0.5) is 10.7 Å². The van der Waals surface area contributed by atoms with Gasteiger partial charge in [0.15, 0.2) is 0 Å². The zero-order chi connectivity index (χ0) is 20.3. The van der Waals surface area contributed by atoms with E-state index in [2.05, 4.69) is 43.0 Å². The summed E-state index contributed by atoms with van der Waals surface area (Å²) in [6.07, 6.45) is 0. The van der Waals surface area contributed by atoms with E-state index in [0.717, 1.165) is 43.1 Å². The molecule has 1 aliphatic rings. The van der Waals surface area contributed by atoms with Crippen LogP contribution in [0.3, 0.4) is 0 Å². The molecule has 6 nitrogen and oxygen atoms in total. The first-order valence-corrected chi connectivity index (χ1v) is 10.4. The van der Waals surface area contributed by atoms with E-state index < -0.39 is 0 Å². The van der Waals surface area contributed by atoms with Crippen molar-refractivity contribution in [3.8, 4) is 6.07 Å². The van der Waals surface area contributed by atoms with Crippen molar-refractivity contribution < 1.29 is 14.4 Å². The molecule has 2 aromatic rings. The number of hydrogen-bond acceptors (Lipinski definition) is 6. The number of nitrogen functional groups attached to an aromatic ring is 1. The lowest BCUT2D eigenvalue weighted by Gasteiger charge is -2.34. The number of piperazine rings is 1. The molecule has 3 rings (SSSR count). The average molecular weight is 400 g/mol. The van der Waals surface area contributed by atoms with Crippen molar-refractivity contribution in [2.45, 2.75) is 27.3 Å². The minimum Gasteiger partial charge on any atom is -0.462 e. The number of hydrogen-bond donors (Lipinski definition) is 2. The molecule has 1 aliphatic heterocycles. The number of rotatable bonds is 5. The van der Waals surface area contributed by atoms with Crippen molar-refractivity contribution in [2.75, 3.05) is 43.4 Å². The van der Waals surface area contributed by atoms with E-state index >= 15 is 0 Å². The van der Waals surface area contributed by atoms with Gasteiger partial charge in [0, 0.05) is 5.69 Å². The fourth-order valence-electron chi connectivity index (χ4n) is 3.71. The maximum Gasteiger partial charge on any atom is 0.348 e. The second-order valence-corrected chi connectivity index (χ2v) is 8.17. The number of benzene rings is 1. The van der Waals surface area contributed by atoms with Gasteiger partial charge >= 0.3 is 5.97 Å². The quantitative estimate of drug-likeness (QED) is 0.751. The van der Waals surface area contributed by atoms with E-state index in [4.69, 9.17) is 10.5 Å². The molecular weight excluding hydrogens is 372 g/mol. The summed E-state index contributed by atoms with van der Waals surface area (Å²) in [5.74, 6) is -0.385. The van der Waals surface area contributed by atoms with E-state index in [0.29, 0.717) is 28.6 Å². The molecule has 2 heterocycles. The SMILES string of the molecule is CCOC(=O)c1sc(N)c(C#N)c1C[NH+]1CCN(c2cccc(C)c2C)CC1. The summed E-state index contributed by atoms with van der Waals surface area (Å²) in [5, 5.41) is 9.91. The van der Waals surface area contributed by atoms with Gasteiger partial charge in [-0.1, -0.05) is 12.1 Å². The summed E-state index contributed by atoms with van der Waals surface area (Å²) in [4.78, 5) is 16.5. The molecule has 0 aliphatic carbocycles. The zero-order valence-electron chi connectivity index (χ0n) is 16.7. The minimum atomic E-state index is -0.385. The molecule has 0 saturated carbocycles. The largest absolute Gasteiger partial charge is 0.462 e. The van der Waals surface area contributed by atoms with Crippen LogP contribution >= 0.6 is 11.3 Å². The molecule has 28 heavy (non-hydrogen) atoms. The van der Waals surface area contributed by atoms with Crippen LogP contribution < -0.4 is 15.5 Å². The molecule has 3 N–H and O–H groups in total. The van der Waals surface area contributed by atoms with Gasteiger partial charge in [-0.3, -0.25) is 0 Å². The Morgan fingerprint density at radius 1 is 1.36 bits per heavy atom. The number of carbonyl (C=O) groups excluding carboxylic acids is 1. The number of anilines is 2. The van der Waals surface area contributed by atoms with E-state index in [9.17, 15) is 10.1 Å². The van der Waals surface area contributed by atoms with E-state index in [1.807, 2.05) is 0 Å². The third-order valence-electron chi connectivity index (χ3n) is 5.42. The molecule has 1 aromatic heterocycles. The number of thiophene rings is 1. The van der Waals surface area contributed by atoms with Gasteiger partial charge in [0.25, 0.3) is 0 Å².